The third-order valence-electron chi connectivity index (χ3n) is 2.71. The van der Waals surface area contributed by atoms with Gasteiger partial charge in [0.2, 0.25) is 0 Å². The number of hydrogen-bond donors (Lipinski definition) is 0. The lowest BCUT2D eigenvalue weighted by molar-refractivity contribution is -0.133. The van der Waals surface area contributed by atoms with E-state index in [-0.39, 0.29) is 0 Å². The van der Waals surface area contributed by atoms with Crippen LogP contribution in [-0.2, 0) is 9.53 Å². The van der Waals surface area contributed by atoms with Gasteiger partial charge in [-0.3, -0.25) is 0 Å². The van der Waals surface area contributed by atoms with Gasteiger partial charge < -0.3 is 9.47 Å². The zero-order valence-electron chi connectivity index (χ0n) is 10.1. The molecular weight excluding hydrogens is 204 g/mol. The second kappa shape index (κ2) is 4.84. The first-order valence-corrected chi connectivity index (χ1v) is 4.94. The van der Waals surface area contributed by atoms with Crippen molar-refractivity contribution in [3.05, 3.63) is 35.4 Å². The molecule has 0 unspecified atom stereocenters. The SMILES string of the molecule is C=C(C(=O)OC)c1ccc(OC)c(C)c1C. The van der Waals surface area contributed by atoms with E-state index in [1.807, 2.05) is 26.0 Å². The summed E-state index contributed by atoms with van der Waals surface area (Å²) in [6.45, 7) is 7.62. The average molecular weight is 220 g/mol. The molecule has 1 aromatic rings. The standard InChI is InChI=1S/C13H16O3/c1-8-9(2)12(15-4)7-6-11(8)10(3)13(14)16-5/h6-7H,3H2,1-2,4-5H3. The Labute approximate surface area is 95.7 Å². The first kappa shape index (κ1) is 12.3. The van der Waals surface area contributed by atoms with Crippen LogP contribution < -0.4 is 4.74 Å². The van der Waals surface area contributed by atoms with E-state index in [1.54, 1.807) is 7.11 Å². The Morgan fingerprint density at radius 1 is 1.19 bits per heavy atom. The fourth-order valence-electron chi connectivity index (χ4n) is 1.58. The van der Waals surface area contributed by atoms with E-state index in [0.29, 0.717) is 5.57 Å². The maximum absolute atomic E-state index is 11.4. The monoisotopic (exact) mass is 220 g/mol. The van der Waals surface area contributed by atoms with Crippen LogP contribution in [-0.4, -0.2) is 20.2 Å². The maximum Gasteiger partial charge on any atom is 0.337 e. The Kier molecular flexibility index (Phi) is 3.72. The van der Waals surface area contributed by atoms with Gasteiger partial charge in [-0.05, 0) is 36.6 Å². The van der Waals surface area contributed by atoms with Gasteiger partial charge in [0.25, 0.3) is 0 Å². The van der Waals surface area contributed by atoms with Gasteiger partial charge in [0.15, 0.2) is 0 Å². The summed E-state index contributed by atoms with van der Waals surface area (Å²) in [5.41, 5.74) is 3.15. The highest BCUT2D eigenvalue weighted by Gasteiger charge is 2.14. The first-order valence-electron chi connectivity index (χ1n) is 4.94. The van der Waals surface area contributed by atoms with E-state index in [1.165, 1.54) is 7.11 Å². The van der Waals surface area contributed by atoms with Gasteiger partial charge in [0, 0.05) is 0 Å². The number of rotatable bonds is 3. The Balaban J connectivity index is 3.22. The van der Waals surface area contributed by atoms with E-state index in [0.717, 1.165) is 22.4 Å². The quantitative estimate of drug-likeness (QED) is 0.580. The topological polar surface area (TPSA) is 35.5 Å². The molecule has 0 spiro atoms. The molecular formula is C13H16O3. The van der Waals surface area contributed by atoms with Crippen molar-refractivity contribution in [1.82, 2.24) is 0 Å². The molecule has 0 atom stereocenters. The van der Waals surface area contributed by atoms with Crippen LogP contribution in [0.1, 0.15) is 16.7 Å². The van der Waals surface area contributed by atoms with Crippen molar-refractivity contribution in [3.63, 3.8) is 0 Å². The number of benzene rings is 1. The minimum atomic E-state index is -0.410. The van der Waals surface area contributed by atoms with Crippen LogP contribution in [0, 0.1) is 13.8 Å². The summed E-state index contributed by atoms with van der Waals surface area (Å²) < 4.78 is 9.85. The Morgan fingerprint density at radius 3 is 2.31 bits per heavy atom. The molecule has 0 amide bonds. The molecule has 16 heavy (non-hydrogen) atoms. The largest absolute Gasteiger partial charge is 0.496 e. The number of hydrogen-bond acceptors (Lipinski definition) is 3. The van der Waals surface area contributed by atoms with Gasteiger partial charge in [-0.15, -0.1) is 0 Å². The van der Waals surface area contributed by atoms with Gasteiger partial charge in [-0.2, -0.15) is 0 Å². The Bertz CT molecular complexity index is 433. The fraction of sp³-hybridized carbons (Fsp3) is 0.308. The highest BCUT2D eigenvalue weighted by atomic mass is 16.5. The summed E-state index contributed by atoms with van der Waals surface area (Å²) >= 11 is 0. The third-order valence-corrected chi connectivity index (χ3v) is 2.71. The molecule has 0 radical (unpaired) electrons. The molecule has 0 aliphatic carbocycles. The fourth-order valence-corrected chi connectivity index (χ4v) is 1.58. The van der Waals surface area contributed by atoms with Crippen molar-refractivity contribution in [2.45, 2.75) is 13.8 Å². The van der Waals surface area contributed by atoms with Crippen LogP contribution in [0.15, 0.2) is 18.7 Å². The summed E-state index contributed by atoms with van der Waals surface area (Å²) in [6, 6.07) is 3.65. The molecule has 86 valence electrons. The van der Waals surface area contributed by atoms with Crippen LogP contribution >= 0.6 is 0 Å². The summed E-state index contributed by atoms with van der Waals surface area (Å²) in [5.74, 6) is 0.395. The van der Waals surface area contributed by atoms with Crippen molar-refractivity contribution in [2.75, 3.05) is 14.2 Å². The lowest BCUT2D eigenvalue weighted by atomic mass is 9.97. The van der Waals surface area contributed by atoms with Crippen LogP contribution in [0.4, 0.5) is 0 Å². The van der Waals surface area contributed by atoms with Gasteiger partial charge in [0.05, 0.1) is 19.8 Å². The predicted molar refractivity (Wildman–Crippen MR) is 63.5 cm³/mol. The average Bonchev–Trinajstić information content (AvgIpc) is 2.30. The summed E-state index contributed by atoms with van der Waals surface area (Å²) in [6.07, 6.45) is 0. The molecule has 3 heteroatoms. The van der Waals surface area contributed by atoms with Gasteiger partial charge in [0.1, 0.15) is 5.75 Å². The normalized spacial score (nSPS) is 9.75. The Morgan fingerprint density at radius 2 is 1.81 bits per heavy atom. The Hall–Kier alpha value is -1.77. The smallest absolute Gasteiger partial charge is 0.337 e. The molecule has 0 aliphatic rings. The minimum absolute atomic E-state index is 0.366. The molecule has 0 N–H and O–H groups in total. The van der Waals surface area contributed by atoms with Crippen molar-refractivity contribution < 1.29 is 14.3 Å². The summed E-state index contributed by atoms with van der Waals surface area (Å²) in [7, 11) is 2.97. The molecule has 0 fully saturated rings. The summed E-state index contributed by atoms with van der Waals surface area (Å²) in [4.78, 5) is 11.4. The van der Waals surface area contributed by atoms with Crippen molar-refractivity contribution in [3.8, 4) is 5.75 Å². The van der Waals surface area contributed by atoms with Gasteiger partial charge in [-0.25, -0.2) is 4.79 Å². The van der Waals surface area contributed by atoms with Crippen molar-refractivity contribution in [2.24, 2.45) is 0 Å². The minimum Gasteiger partial charge on any atom is -0.496 e. The lowest BCUT2D eigenvalue weighted by Crippen LogP contribution is -2.05. The van der Waals surface area contributed by atoms with E-state index in [4.69, 9.17) is 4.74 Å². The molecule has 0 aliphatic heterocycles. The molecule has 0 saturated heterocycles. The number of esters is 1. The number of carbonyl (C=O) groups excluding carboxylic acids is 1. The summed E-state index contributed by atoms with van der Waals surface area (Å²) in [5, 5.41) is 0. The van der Waals surface area contributed by atoms with Crippen LogP contribution in [0.5, 0.6) is 5.75 Å². The number of ether oxygens (including phenoxy) is 2. The maximum atomic E-state index is 11.4. The van der Waals surface area contributed by atoms with E-state index >= 15 is 0 Å². The highest BCUT2D eigenvalue weighted by molar-refractivity contribution is 6.16. The van der Waals surface area contributed by atoms with E-state index in [2.05, 4.69) is 11.3 Å². The van der Waals surface area contributed by atoms with Gasteiger partial charge in [-0.1, -0.05) is 12.6 Å². The molecule has 1 rings (SSSR count). The molecule has 1 aromatic carbocycles. The molecule has 0 heterocycles. The predicted octanol–water partition coefficient (Wildman–Crippen LogP) is 2.50. The molecule has 0 bridgehead atoms. The lowest BCUT2D eigenvalue weighted by Gasteiger charge is -2.13. The van der Waals surface area contributed by atoms with Crippen LogP contribution in [0.25, 0.3) is 5.57 Å². The van der Waals surface area contributed by atoms with E-state index in [9.17, 15) is 4.79 Å². The molecule has 0 aromatic heterocycles. The molecule has 0 saturated carbocycles. The second-order valence-electron chi connectivity index (χ2n) is 3.54. The number of methoxy groups -OCH3 is 2. The zero-order chi connectivity index (χ0) is 12.3. The van der Waals surface area contributed by atoms with Gasteiger partial charge >= 0.3 is 5.97 Å². The zero-order valence-corrected chi connectivity index (χ0v) is 10.1. The van der Waals surface area contributed by atoms with Crippen molar-refractivity contribution >= 4 is 11.5 Å². The third kappa shape index (κ3) is 2.08. The van der Waals surface area contributed by atoms with Crippen LogP contribution in [0.3, 0.4) is 0 Å². The highest BCUT2D eigenvalue weighted by Crippen LogP contribution is 2.27. The van der Waals surface area contributed by atoms with Crippen molar-refractivity contribution in [1.29, 1.82) is 0 Å². The first-order chi connectivity index (χ1) is 7.52. The number of carbonyl (C=O) groups is 1. The van der Waals surface area contributed by atoms with Crippen LogP contribution in [0.2, 0.25) is 0 Å². The molecule has 3 nitrogen and oxygen atoms in total. The second-order valence-corrected chi connectivity index (χ2v) is 3.54. The van der Waals surface area contributed by atoms with E-state index < -0.39 is 5.97 Å².